The zero-order chi connectivity index (χ0) is 16.9. The minimum Gasteiger partial charge on any atom is -0.355 e. The van der Waals surface area contributed by atoms with Crippen molar-refractivity contribution in [3.8, 4) is 0 Å². The molecule has 2 heterocycles. The van der Waals surface area contributed by atoms with Gasteiger partial charge in [-0.25, -0.2) is 12.7 Å². The first-order chi connectivity index (χ1) is 10.9. The van der Waals surface area contributed by atoms with Crippen molar-refractivity contribution in [2.45, 2.75) is 12.5 Å². The summed E-state index contributed by atoms with van der Waals surface area (Å²) < 4.78 is 26.5. The normalized spacial score (nSPS) is 13.2. The van der Waals surface area contributed by atoms with Crippen molar-refractivity contribution in [2.24, 2.45) is 0 Å². The van der Waals surface area contributed by atoms with Crippen molar-refractivity contribution in [3.05, 3.63) is 46.9 Å². The molecule has 1 N–H and O–H groups in total. The highest BCUT2D eigenvalue weighted by atomic mass is 32.2. The van der Waals surface area contributed by atoms with Crippen LogP contribution >= 0.6 is 11.3 Å². The molecule has 0 fully saturated rings. The van der Waals surface area contributed by atoms with Crippen LogP contribution in [0.5, 0.6) is 0 Å². The Bertz CT molecular complexity index is 673. The molecule has 0 radical (unpaired) electrons. The van der Waals surface area contributed by atoms with E-state index in [1.807, 2.05) is 45.9 Å². The van der Waals surface area contributed by atoms with E-state index in [4.69, 9.17) is 0 Å². The average Bonchev–Trinajstić information content (AvgIpc) is 3.18. The van der Waals surface area contributed by atoms with Gasteiger partial charge in [0.05, 0.1) is 18.2 Å². The van der Waals surface area contributed by atoms with Crippen LogP contribution in [0.1, 0.15) is 18.0 Å². The molecule has 0 saturated carbocycles. The number of hydrogen-bond donors (Lipinski definition) is 1. The summed E-state index contributed by atoms with van der Waals surface area (Å²) in [5.74, 6) is -0.262. The van der Waals surface area contributed by atoms with Crippen LogP contribution in [-0.4, -0.2) is 49.6 Å². The van der Waals surface area contributed by atoms with Gasteiger partial charge in [0.1, 0.15) is 0 Å². The van der Waals surface area contributed by atoms with E-state index in [0.717, 1.165) is 9.87 Å². The summed E-state index contributed by atoms with van der Waals surface area (Å²) in [5.41, 5.74) is 1.07. The average molecular weight is 355 g/mol. The van der Waals surface area contributed by atoms with Crippen LogP contribution < -0.4 is 5.32 Å². The summed E-state index contributed by atoms with van der Waals surface area (Å²) in [7, 11) is -0.330. The molecule has 0 aromatic carbocycles. The van der Waals surface area contributed by atoms with E-state index >= 15 is 0 Å². The van der Waals surface area contributed by atoms with Gasteiger partial charge < -0.3 is 9.88 Å². The summed E-state index contributed by atoms with van der Waals surface area (Å²) >= 11 is 1.59. The first-order valence-electron chi connectivity index (χ1n) is 7.21. The van der Waals surface area contributed by atoms with Gasteiger partial charge in [-0.2, -0.15) is 11.3 Å². The summed E-state index contributed by atoms with van der Waals surface area (Å²) in [6, 6.07) is 5.75. The van der Waals surface area contributed by atoms with Crippen LogP contribution in [-0.2, 0) is 14.8 Å². The summed E-state index contributed by atoms with van der Waals surface area (Å²) in [6.07, 6.45) is 4.12. The fourth-order valence-electron chi connectivity index (χ4n) is 2.17. The highest BCUT2D eigenvalue weighted by molar-refractivity contribution is 7.89. The number of aromatic nitrogens is 1. The van der Waals surface area contributed by atoms with Gasteiger partial charge in [0.25, 0.3) is 0 Å². The zero-order valence-corrected chi connectivity index (χ0v) is 14.8. The number of carbonyl (C=O) groups excluding carboxylic acids is 1. The van der Waals surface area contributed by atoms with E-state index in [9.17, 15) is 13.2 Å². The molecule has 0 unspecified atom stereocenters. The lowest BCUT2D eigenvalue weighted by Crippen LogP contribution is -2.34. The van der Waals surface area contributed by atoms with Gasteiger partial charge in [-0.15, -0.1) is 0 Å². The van der Waals surface area contributed by atoms with E-state index in [1.54, 1.807) is 11.3 Å². The highest BCUT2D eigenvalue weighted by Gasteiger charge is 2.19. The fraction of sp³-hybridized carbons (Fsp3) is 0.400. The Hall–Kier alpha value is -1.64. The number of thiophene rings is 1. The molecule has 0 bridgehead atoms. The molecule has 0 saturated heterocycles. The molecule has 0 aliphatic heterocycles. The van der Waals surface area contributed by atoms with Crippen LogP contribution in [0.15, 0.2) is 41.4 Å². The van der Waals surface area contributed by atoms with E-state index in [-0.39, 0.29) is 30.7 Å². The van der Waals surface area contributed by atoms with Gasteiger partial charge >= 0.3 is 0 Å². The minimum atomic E-state index is -3.29. The molecular weight excluding hydrogens is 334 g/mol. The molecule has 0 aliphatic rings. The Kier molecular flexibility index (Phi) is 5.97. The van der Waals surface area contributed by atoms with Crippen molar-refractivity contribution in [2.75, 3.05) is 26.4 Å². The smallest absolute Gasteiger partial charge is 0.222 e. The number of hydrogen-bond acceptors (Lipinski definition) is 4. The van der Waals surface area contributed by atoms with Crippen LogP contribution in [0.25, 0.3) is 0 Å². The Morgan fingerprint density at radius 1 is 1.35 bits per heavy atom. The second kappa shape index (κ2) is 7.76. The van der Waals surface area contributed by atoms with Crippen LogP contribution in [0.2, 0.25) is 0 Å². The standard InChI is InChI=1S/C15H21N3O3S2/c1-17(2)23(20,21)10-6-16-15(19)11-14(13-5-9-22-12-13)18-7-3-4-8-18/h3-5,7-9,12,14H,6,10-11H2,1-2H3,(H,16,19)/t14-/m1/s1. The number of carbonyl (C=O) groups is 1. The number of nitrogens with zero attached hydrogens (tertiary/aromatic N) is 2. The second-order valence-electron chi connectivity index (χ2n) is 5.36. The van der Waals surface area contributed by atoms with Crippen molar-refractivity contribution in [1.82, 2.24) is 14.2 Å². The Morgan fingerprint density at radius 3 is 2.61 bits per heavy atom. The molecule has 23 heavy (non-hydrogen) atoms. The van der Waals surface area contributed by atoms with E-state index in [0.29, 0.717) is 0 Å². The minimum absolute atomic E-state index is 0.0818. The number of rotatable bonds is 8. The lowest BCUT2D eigenvalue weighted by Gasteiger charge is -2.18. The maximum atomic E-state index is 12.2. The Balaban J connectivity index is 1.94. The molecule has 6 nitrogen and oxygen atoms in total. The third-order valence-corrected chi connectivity index (χ3v) is 6.07. The van der Waals surface area contributed by atoms with Crippen LogP contribution in [0, 0.1) is 0 Å². The summed E-state index contributed by atoms with van der Waals surface area (Å²) in [5, 5.41) is 6.70. The van der Waals surface area contributed by atoms with Gasteiger partial charge in [-0.05, 0) is 34.5 Å². The van der Waals surface area contributed by atoms with Crippen molar-refractivity contribution < 1.29 is 13.2 Å². The number of sulfonamides is 1. The maximum absolute atomic E-state index is 12.2. The largest absolute Gasteiger partial charge is 0.355 e. The molecule has 2 rings (SSSR count). The molecule has 126 valence electrons. The van der Waals surface area contributed by atoms with Gasteiger partial charge in [-0.3, -0.25) is 4.79 Å². The molecule has 2 aromatic heterocycles. The molecule has 1 amide bonds. The lowest BCUT2D eigenvalue weighted by molar-refractivity contribution is -0.121. The first kappa shape index (κ1) is 17.7. The van der Waals surface area contributed by atoms with E-state index in [2.05, 4.69) is 5.32 Å². The van der Waals surface area contributed by atoms with Gasteiger partial charge in [-0.1, -0.05) is 0 Å². The fourth-order valence-corrected chi connectivity index (χ4v) is 3.60. The quantitative estimate of drug-likeness (QED) is 0.781. The van der Waals surface area contributed by atoms with E-state index in [1.165, 1.54) is 14.1 Å². The Labute approximate surface area is 140 Å². The lowest BCUT2D eigenvalue weighted by atomic mass is 10.1. The first-order valence-corrected chi connectivity index (χ1v) is 9.77. The van der Waals surface area contributed by atoms with Crippen molar-refractivity contribution in [3.63, 3.8) is 0 Å². The van der Waals surface area contributed by atoms with Gasteiger partial charge in [0.15, 0.2) is 0 Å². The van der Waals surface area contributed by atoms with Crippen molar-refractivity contribution >= 4 is 27.3 Å². The molecule has 8 heteroatoms. The molecule has 0 aliphatic carbocycles. The van der Waals surface area contributed by atoms with Gasteiger partial charge in [0, 0.05) is 33.0 Å². The monoisotopic (exact) mass is 355 g/mol. The summed E-state index contributed by atoms with van der Waals surface area (Å²) in [6.45, 7) is 0.112. The number of amides is 1. The van der Waals surface area contributed by atoms with Gasteiger partial charge in [0.2, 0.25) is 15.9 Å². The third-order valence-electron chi connectivity index (χ3n) is 3.53. The van der Waals surface area contributed by atoms with Crippen molar-refractivity contribution in [1.29, 1.82) is 0 Å². The highest BCUT2D eigenvalue weighted by Crippen LogP contribution is 2.24. The van der Waals surface area contributed by atoms with E-state index < -0.39 is 10.0 Å². The predicted octanol–water partition coefficient (Wildman–Crippen LogP) is 1.54. The SMILES string of the molecule is CN(C)S(=O)(=O)CCNC(=O)C[C@H](c1ccsc1)n1cccc1. The summed E-state index contributed by atoms with van der Waals surface area (Å²) in [4.78, 5) is 12.2. The molecule has 2 aromatic rings. The topological polar surface area (TPSA) is 71.4 Å². The molecule has 0 spiro atoms. The number of nitrogens with one attached hydrogen (secondary N) is 1. The third kappa shape index (κ3) is 4.92. The molecule has 1 atom stereocenters. The Morgan fingerprint density at radius 2 is 2.04 bits per heavy atom. The second-order valence-corrected chi connectivity index (χ2v) is 8.44. The molecular formula is C15H21N3O3S2. The zero-order valence-electron chi connectivity index (χ0n) is 13.2. The van der Waals surface area contributed by atoms with Crippen LogP contribution in [0.3, 0.4) is 0 Å². The maximum Gasteiger partial charge on any atom is 0.222 e. The predicted molar refractivity (Wildman–Crippen MR) is 92.0 cm³/mol. The van der Waals surface area contributed by atoms with Crippen LogP contribution in [0.4, 0.5) is 0 Å².